The SMILES string of the molecule is CCC[C@H](N)C(O)C(=O)OC(C)(C)C. The van der Waals surface area contributed by atoms with Crippen LogP contribution >= 0.6 is 0 Å². The summed E-state index contributed by atoms with van der Waals surface area (Å²) in [5.41, 5.74) is 5.02. The summed E-state index contributed by atoms with van der Waals surface area (Å²) in [7, 11) is 0. The molecule has 0 aliphatic heterocycles. The van der Waals surface area contributed by atoms with Gasteiger partial charge in [0.2, 0.25) is 0 Å². The lowest BCUT2D eigenvalue weighted by molar-refractivity contribution is -0.166. The molecule has 0 heterocycles. The van der Waals surface area contributed by atoms with E-state index in [2.05, 4.69) is 0 Å². The predicted octanol–water partition coefficient (Wildman–Crippen LogP) is 0.816. The van der Waals surface area contributed by atoms with Crippen molar-refractivity contribution in [1.29, 1.82) is 0 Å². The molecular weight excluding hydrogens is 182 g/mol. The van der Waals surface area contributed by atoms with Gasteiger partial charge in [-0.15, -0.1) is 0 Å². The standard InChI is InChI=1S/C10H21NO3/c1-5-6-7(11)8(12)9(13)14-10(2,3)4/h7-8,12H,5-6,11H2,1-4H3/t7-,8?/m0/s1. The van der Waals surface area contributed by atoms with E-state index >= 15 is 0 Å². The van der Waals surface area contributed by atoms with E-state index in [0.29, 0.717) is 6.42 Å². The highest BCUT2D eigenvalue weighted by atomic mass is 16.6. The van der Waals surface area contributed by atoms with Crippen molar-refractivity contribution in [3.63, 3.8) is 0 Å². The minimum absolute atomic E-state index is 0.533. The highest BCUT2D eigenvalue weighted by Gasteiger charge is 2.27. The number of rotatable bonds is 4. The first-order valence-corrected chi connectivity index (χ1v) is 4.94. The second kappa shape index (κ2) is 5.32. The molecule has 0 aliphatic carbocycles. The number of esters is 1. The molecule has 2 atom stereocenters. The van der Waals surface area contributed by atoms with Crippen molar-refractivity contribution in [3.8, 4) is 0 Å². The number of ether oxygens (including phenoxy) is 1. The molecule has 3 N–H and O–H groups in total. The van der Waals surface area contributed by atoms with Gasteiger partial charge in [-0.05, 0) is 27.2 Å². The van der Waals surface area contributed by atoms with Crippen LogP contribution in [-0.4, -0.2) is 28.8 Å². The molecule has 0 fully saturated rings. The molecule has 0 aliphatic rings. The van der Waals surface area contributed by atoms with Gasteiger partial charge in [0.1, 0.15) is 5.60 Å². The van der Waals surface area contributed by atoms with Crippen LogP contribution in [0.25, 0.3) is 0 Å². The Hall–Kier alpha value is -0.610. The number of carbonyl (C=O) groups excluding carboxylic acids is 1. The molecule has 0 saturated carbocycles. The molecule has 0 radical (unpaired) electrons. The van der Waals surface area contributed by atoms with Crippen molar-refractivity contribution < 1.29 is 14.6 Å². The Labute approximate surface area is 85.4 Å². The number of hydrogen-bond acceptors (Lipinski definition) is 4. The molecule has 84 valence electrons. The summed E-state index contributed by atoms with van der Waals surface area (Å²) in [5.74, 6) is -0.640. The fourth-order valence-corrected chi connectivity index (χ4v) is 1.03. The minimum Gasteiger partial charge on any atom is -0.458 e. The average molecular weight is 203 g/mol. The molecule has 0 spiro atoms. The summed E-state index contributed by atoms with van der Waals surface area (Å²) in [5, 5.41) is 9.48. The molecule has 1 unspecified atom stereocenters. The van der Waals surface area contributed by atoms with Crippen LogP contribution in [0.15, 0.2) is 0 Å². The lowest BCUT2D eigenvalue weighted by Crippen LogP contribution is -2.43. The van der Waals surface area contributed by atoms with Crippen LogP contribution in [0, 0.1) is 0 Å². The van der Waals surface area contributed by atoms with E-state index in [0.717, 1.165) is 6.42 Å². The molecule has 0 aromatic heterocycles. The molecule has 0 saturated heterocycles. The monoisotopic (exact) mass is 203 g/mol. The minimum atomic E-state index is -1.21. The van der Waals surface area contributed by atoms with Crippen LogP contribution < -0.4 is 5.73 Å². The van der Waals surface area contributed by atoms with Crippen LogP contribution in [0.4, 0.5) is 0 Å². The maximum Gasteiger partial charge on any atom is 0.337 e. The summed E-state index contributed by atoms with van der Waals surface area (Å²) in [6.45, 7) is 7.20. The van der Waals surface area contributed by atoms with Crippen LogP contribution in [0.1, 0.15) is 40.5 Å². The predicted molar refractivity (Wildman–Crippen MR) is 54.7 cm³/mol. The molecule has 4 heteroatoms. The van der Waals surface area contributed by atoms with Gasteiger partial charge in [0.25, 0.3) is 0 Å². The molecule has 0 rings (SSSR count). The molecule has 14 heavy (non-hydrogen) atoms. The molecular formula is C10H21NO3. The Kier molecular flexibility index (Phi) is 5.08. The first-order chi connectivity index (χ1) is 6.28. The number of aliphatic hydroxyl groups is 1. The number of carbonyl (C=O) groups is 1. The van der Waals surface area contributed by atoms with Crippen molar-refractivity contribution in [1.82, 2.24) is 0 Å². The zero-order valence-corrected chi connectivity index (χ0v) is 9.41. The summed E-state index contributed by atoms with van der Waals surface area (Å²) in [4.78, 5) is 11.3. The van der Waals surface area contributed by atoms with Gasteiger partial charge in [0.15, 0.2) is 6.10 Å². The zero-order chi connectivity index (χ0) is 11.4. The van der Waals surface area contributed by atoms with Gasteiger partial charge in [-0.1, -0.05) is 13.3 Å². The lowest BCUT2D eigenvalue weighted by atomic mass is 10.1. The summed E-state index contributed by atoms with van der Waals surface area (Å²) >= 11 is 0. The second-order valence-electron chi connectivity index (χ2n) is 4.43. The van der Waals surface area contributed by atoms with Gasteiger partial charge < -0.3 is 15.6 Å². The normalized spacial score (nSPS) is 16.1. The highest BCUT2D eigenvalue weighted by molar-refractivity contribution is 5.75. The number of aliphatic hydroxyl groups excluding tert-OH is 1. The van der Waals surface area contributed by atoms with Crippen molar-refractivity contribution in [3.05, 3.63) is 0 Å². The molecule has 0 aromatic carbocycles. The first-order valence-electron chi connectivity index (χ1n) is 4.94. The quantitative estimate of drug-likeness (QED) is 0.663. The van der Waals surface area contributed by atoms with Crippen LogP contribution in [-0.2, 0) is 9.53 Å². The lowest BCUT2D eigenvalue weighted by Gasteiger charge is -2.24. The zero-order valence-electron chi connectivity index (χ0n) is 9.41. The third kappa shape index (κ3) is 5.19. The first kappa shape index (κ1) is 13.4. The van der Waals surface area contributed by atoms with E-state index < -0.39 is 23.7 Å². The number of nitrogens with two attached hydrogens (primary N) is 1. The smallest absolute Gasteiger partial charge is 0.337 e. The maximum atomic E-state index is 11.3. The number of hydrogen-bond donors (Lipinski definition) is 2. The van der Waals surface area contributed by atoms with Crippen LogP contribution in [0.3, 0.4) is 0 Å². The van der Waals surface area contributed by atoms with E-state index in [1.54, 1.807) is 20.8 Å². The van der Waals surface area contributed by atoms with Crippen molar-refractivity contribution in [2.75, 3.05) is 0 Å². The summed E-state index contributed by atoms with van der Waals surface area (Å²) < 4.78 is 5.00. The fourth-order valence-electron chi connectivity index (χ4n) is 1.03. The third-order valence-corrected chi connectivity index (χ3v) is 1.68. The third-order valence-electron chi connectivity index (χ3n) is 1.68. The van der Waals surface area contributed by atoms with Crippen molar-refractivity contribution in [2.45, 2.75) is 58.3 Å². The fraction of sp³-hybridized carbons (Fsp3) is 0.900. The molecule has 4 nitrogen and oxygen atoms in total. The Bertz CT molecular complexity index is 186. The molecule has 0 bridgehead atoms. The van der Waals surface area contributed by atoms with E-state index in [9.17, 15) is 9.90 Å². The van der Waals surface area contributed by atoms with Crippen LogP contribution in [0.2, 0.25) is 0 Å². The van der Waals surface area contributed by atoms with Crippen molar-refractivity contribution >= 4 is 5.97 Å². The van der Waals surface area contributed by atoms with E-state index in [1.165, 1.54) is 0 Å². The van der Waals surface area contributed by atoms with E-state index in [1.807, 2.05) is 6.92 Å². The van der Waals surface area contributed by atoms with E-state index in [-0.39, 0.29) is 0 Å². The highest BCUT2D eigenvalue weighted by Crippen LogP contribution is 2.10. The Morgan fingerprint density at radius 3 is 2.36 bits per heavy atom. The Balaban J connectivity index is 4.12. The maximum absolute atomic E-state index is 11.3. The van der Waals surface area contributed by atoms with Gasteiger partial charge in [-0.25, -0.2) is 4.79 Å². The van der Waals surface area contributed by atoms with Gasteiger partial charge in [0, 0.05) is 6.04 Å². The van der Waals surface area contributed by atoms with Gasteiger partial charge in [-0.3, -0.25) is 0 Å². The van der Waals surface area contributed by atoms with Gasteiger partial charge in [-0.2, -0.15) is 0 Å². The summed E-state index contributed by atoms with van der Waals surface area (Å²) in [6, 6.07) is -0.533. The average Bonchev–Trinajstić information content (AvgIpc) is 2.00. The topological polar surface area (TPSA) is 72.5 Å². The molecule has 0 amide bonds. The van der Waals surface area contributed by atoms with Gasteiger partial charge in [0.05, 0.1) is 0 Å². The summed E-state index contributed by atoms with van der Waals surface area (Å²) in [6.07, 6.45) is 0.232. The second-order valence-corrected chi connectivity index (χ2v) is 4.43. The van der Waals surface area contributed by atoms with Gasteiger partial charge >= 0.3 is 5.97 Å². The Morgan fingerprint density at radius 2 is 2.00 bits per heavy atom. The van der Waals surface area contributed by atoms with E-state index in [4.69, 9.17) is 10.5 Å². The molecule has 0 aromatic rings. The van der Waals surface area contributed by atoms with Crippen molar-refractivity contribution in [2.24, 2.45) is 5.73 Å². The van der Waals surface area contributed by atoms with Crippen LogP contribution in [0.5, 0.6) is 0 Å². The Morgan fingerprint density at radius 1 is 1.50 bits per heavy atom. The largest absolute Gasteiger partial charge is 0.458 e.